The van der Waals surface area contributed by atoms with Gasteiger partial charge in [-0.05, 0) is 12.5 Å². The molecule has 0 aromatic carbocycles. The van der Waals surface area contributed by atoms with Crippen LogP contribution < -0.4 is 0 Å². The molecule has 0 spiro atoms. The SMILES string of the molecule is CSc1nc(C=[N+]=[N-])nc(SC)n1. The molecule has 5 nitrogen and oxygen atoms in total. The van der Waals surface area contributed by atoms with Gasteiger partial charge in [-0.3, -0.25) is 0 Å². The summed E-state index contributed by atoms with van der Waals surface area (Å²) in [5.74, 6) is 0.367. The van der Waals surface area contributed by atoms with Gasteiger partial charge in [-0.2, -0.15) is 19.7 Å². The molecule has 0 saturated heterocycles. The number of aromatic nitrogens is 3. The van der Waals surface area contributed by atoms with E-state index in [9.17, 15) is 0 Å². The molecule has 0 saturated carbocycles. The first-order valence-corrected chi connectivity index (χ1v) is 5.76. The molecule has 0 atom stereocenters. The zero-order valence-electron chi connectivity index (χ0n) is 7.13. The first kappa shape index (κ1) is 10.2. The smallest absolute Gasteiger partial charge is 0.325 e. The van der Waals surface area contributed by atoms with Gasteiger partial charge in [0.15, 0.2) is 10.3 Å². The summed E-state index contributed by atoms with van der Waals surface area (Å²) >= 11 is 2.84. The van der Waals surface area contributed by atoms with Crippen LogP contribution in [-0.2, 0) is 0 Å². The van der Waals surface area contributed by atoms with Gasteiger partial charge in [-0.1, -0.05) is 23.5 Å². The Morgan fingerprint density at radius 2 is 1.69 bits per heavy atom. The lowest BCUT2D eigenvalue weighted by molar-refractivity contribution is 0.00382. The van der Waals surface area contributed by atoms with Crippen molar-refractivity contribution in [3.05, 3.63) is 11.4 Å². The molecule has 0 N–H and O–H groups in total. The van der Waals surface area contributed by atoms with Crippen LogP contribution in [0.3, 0.4) is 0 Å². The minimum absolute atomic E-state index is 0.367. The molecule has 0 bridgehead atoms. The first-order chi connectivity index (χ1) is 6.30. The number of rotatable bonds is 3. The van der Waals surface area contributed by atoms with Crippen LogP contribution in [0.15, 0.2) is 10.3 Å². The van der Waals surface area contributed by atoms with Gasteiger partial charge >= 0.3 is 6.21 Å². The number of hydrogen-bond acceptors (Lipinski definition) is 5. The Hall–Kier alpha value is -0.910. The maximum Gasteiger partial charge on any atom is 0.325 e. The Labute approximate surface area is 84.0 Å². The molecule has 7 heteroatoms. The summed E-state index contributed by atoms with van der Waals surface area (Å²) in [5.41, 5.74) is 8.30. The molecule has 0 amide bonds. The lowest BCUT2D eigenvalue weighted by atomic mass is 10.7. The zero-order chi connectivity index (χ0) is 9.68. The van der Waals surface area contributed by atoms with E-state index in [0.29, 0.717) is 16.1 Å². The molecule has 1 aromatic rings. The van der Waals surface area contributed by atoms with Crippen molar-refractivity contribution < 1.29 is 4.79 Å². The molecule has 68 valence electrons. The first-order valence-electron chi connectivity index (χ1n) is 3.31. The Morgan fingerprint density at radius 3 is 2.08 bits per heavy atom. The number of thioether (sulfide) groups is 2. The molecule has 0 radical (unpaired) electrons. The third kappa shape index (κ3) is 2.80. The van der Waals surface area contributed by atoms with Gasteiger partial charge in [0, 0.05) is 0 Å². The van der Waals surface area contributed by atoms with E-state index in [4.69, 9.17) is 5.53 Å². The third-order valence-corrected chi connectivity index (χ3v) is 2.25. The van der Waals surface area contributed by atoms with Gasteiger partial charge in [0.25, 0.3) is 0 Å². The largest absolute Gasteiger partial charge is 0.361 e. The molecule has 0 aliphatic carbocycles. The highest BCUT2D eigenvalue weighted by atomic mass is 32.2. The van der Waals surface area contributed by atoms with Gasteiger partial charge in [0.1, 0.15) is 0 Å². The quantitative estimate of drug-likeness (QED) is 0.323. The molecular formula is C6H7N5S2. The molecule has 0 unspecified atom stereocenters. The predicted molar refractivity (Wildman–Crippen MR) is 52.2 cm³/mol. The van der Waals surface area contributed by atoms with Crippen LogP contribution in [0.25, 0.3) is 5.53 Å². The predicted octanol–water partition coefficient (Wildman–Crippen LogP) is 0.964. The van der Waals surface area contributed by atoms with Crippen molar-refractivity contribution in [2.24, 2.45) is 0 Å². The van der Waals surface area contributed by atoms with Gasteiger partial charge in [-0.15, -0.1) is 0 Å². The Kier molecular flexibility index (Phi) is 3.88. The Balaban J connectivity index is 3.14. The highest BCUT2D eigenvalue weighted by Gasteiger charge is 2.05. The van der Waals surface area contributed by atoms with Gasteiger partial charge in [0.2, 0.25) is 5.82 Å². The number of nitrogens with zero attached hydrogens (tertiary/aromatic N) is 5. The maximum atomic E-state index is 8.30. The van der Waals surface area contributed by atoms with Crippen LogP contribution in [0, 0.1) is 0 Å². The molecular weight excluding hydrogens is 206 g/mol. The maximum absolute atomic E-state index is 8.30. The van der Waals surface area contributed by atoms with E-state index in [1.807, 2.05) is 12.5 Å². The van der Waals surface area contributed by atoms with Crippen molar-refractivity contribution in [1.82, 2.24) is 15.0 Å². The second kappa shape index (κ2) is 4.96. The topological polar surface area (TPSA) is 75.1 Å². The summed E-state index contributed by atoms with van der Waals surface area (Å²) in [5, 5.41) is 1.24. The summed E-state index contributed by atoms with van der Waals surface area (Å²) in [7, 11) is 0. The summed E-state index contributed by atoms with van der Waals surface area (Å²) in [4.78, 5) is 15.0. The summed E-state index contributed by atoms with van der Waals surface area (Å²) in [6, 6.07) is 0. The summed E-state index contributed by atoms with van der Waals surface area (Å²) in [6.07, 6.45) is 4.93. The normalized spacial score (nSPS) is 9.38. The average Bonchev–Trinajstić information content (AvgIpc) is 2.17. The van der Waals surface area contributed by atoms with Crippen molar-refractivity contribution in [3.8, 4) is 0 Å². The fraction of sp³-hybridized carbons (Fsp3) is 0.333. The lowest BCUT2D eigenvalue weighted by Gasteiger charge is -1.97. The van der Waals surface area contributed by atoms with E-state index in [2.05, 4.69) is 19.7 Å². The molecule has 1 rings (SSSR count). The van der Waals surface area contributed by atoms with Crippen molar-refractivity contribution in [2.45, 2.75) is 10.3 Å². The van der Waals surface area contributed by atoms with E-state index in [0.717, 1.165) is 0 Å². The van der Waals surface area contributed by atoms with E-state index in [1.165, 1.54) is 29.7 Å². The molecule has 0 aliphatic rings. The zero-order valence-corrected chi connectivity index (χ0v) is 8.76. The van der Waals surface area contributed by atoms with E-state index >= 15 is 0 Å². The second-order valence-corrected chi connectivity index (χ2v) is 3.46. The average molecular weight is 213 g/mol. The van der Waals surface area contributed by atoms with E-state index < -0.39 is 0 Å². The van der Waals surface area contributed by atoms with Crippen LogP contribution in [0.4, 0.5) is 0 Å². The molecule has 0 fully saturated rings. The van der Waals surface area contributed by atoms with E-state index in [1.54, 1.807) is 0 Å². The van der Waals surface area contributed by atoms with Crippen molar-refractivity contribution in [1.29, 1.82) is 0 Å². The second-order valence-electron chi connectivity index (χ2n) is 1.91. The molecule has 1 heterocycles. The minimum Gasteiger partial charge on any atom is -0.361 e. The van der Waals surface area contributed by atoms with Crippen LogP contribution in [0.1, 0.15) is 5.82 Å². The Bertz CT molecular complexity index is 325. The van der Waals surface area contributed by atoms with Crippen molar-refractivity contribution in [3.63, 3.8) is 0 Å². The van der Waals surface area contributed by atoms with Crippen LogP contribution in [0.2, 0.25) is 0 Å². The van der Waals surface area contributed by atoms with Crippen LogP contribution >= 0.6 is 23.5 Å². The van der Waals surface area contributed by atoms with Crippen LogP contribution in [-0.4, -0.2) is 38.5 Å². The summed E-state index contributed by atoms with van der Waals surface area (Å²) < 4.78 is 0. The van der Waals surface area contributed by atoms with Gasteiger partial charge < -0.3 is 5.53 Å². The lowest BCUT2D eigenvalue weighted by Crippen LogP contribution is -2.00. The Morgan fingerprint density at radius 1 is 1.15 bits per heavy atom. The van der Waals surface area contributed by atoms with Crippen LogP contribution in [0.5, 0.6) is 0 Å². The highest BCUT2D eigenvalue weighted by molar-refractivity contribution is 7.99. The molecule has 0 aliphatic heterocycles. The van der Waals surface area contributed by atoms with Gasteiger partial charge in [-0.25, -0.2) is 0 Å². The monoisotopic (exact) mass is 213 g/mol. The fourth-order valence-corrected chi connectivity index (χ4v) is 1.43. The van der Waals surface area contributed by atoms with E-state index in [-0.39, 0.29) is 0 Å². The van der Waals surface area contributed by atoms with Gasteiger partial charge in [0.05, 0.1) is 0 Å². The fourth-order valence-electron chi connectivity index (χ4n) is 0.645. The standard InChI is InChI=1S/C6H7N5S2/c1-12-5-9-4(3-8-7)10-6(11-5)13-2/h3H,1-2H3. The number of hydrogen-bond donors (Lipinski definition) is 0. The molecule has 13 heavy (non-hydrogen) atoms. The van der Waals surface area contributed by atoms with Crippen molar-refractivity contribution >= 4 is 29.7 Å². The molecule has 1 aromatic heterocycles. The van der Waals surface area contributed by atoms with Crippen molar-refractivity contribution in [2.75, 3.05) is 12.5 Å². The third-order valence-electron chi connectivity index (χ3n) is 1.15. The summed E-state index contributed by atoms with van der Waals surface area (Å²) in [6.45, 7) is 0. The minimum atomic E-state index is 0.367. The highest BCUT2D eigenvalue weighted by Crippen LogP contribution is 2.13.